The predicted octanol–water partition coefficient (Wildman–Crippen LogP) is -0.604. The number of methoxy groups -OCH3 is 1. The van der Waals surface area contributed by atoms with E-state index in [-0.39, 0.29) is 11.8 Å². The third-order valence-electron chi connectivity index (χ3n) is 3.83. The first kappa shape index (κ1) is 25.7. The number of unbranched alkanes of at least 4 members (excludes halogenated alkanes) is 1. The van der Waals surface area contributed by atoms with E-state index in [9.17, 15) is 9.59 Å². The van der Waals surface area contributed by atoms with Crippen LogP contribution in [0.15, 0.2) is 0 Å². The van der Waals surface area contributed by atoms with Crippen LogP contribution < -0.4 is 21.7 Å². The maximum atomic E-state index is 11.7. The highest BCUT2D eigenvalue weighted by atomic mass is 16.5. The zero-order chi connectivity index (χ0) is 20.2. The molecule has 9 nitrogen and oxygen atoms in total. The van der Waals surface area contributed by atoms with Crippen molar-refractivity contribution in [2.24, 2.45) is 5.73 Å². The van der Waals surface area contributed by atoms with Crippen LogP contribution in [0.2, 0.25) is 0 Å². The van der Waals surface area contributed by atoms with Crippen molar-refractivity contribution in [1.82, 2.24) is 16.0 Å². The number of carbonyl (C=O) groups is 2. The molecule has 0 saturated heterocycles. The van der Waals surface area contributed by atoms with Crippen LogP contribution in [0.4, 0.5) is 0 Å². The zero-order valence-electron chi connectivity index (χ0n) is 16.9. The second-order valence-electron chi connectivity index (χ2n) is 6.14. The van der Waals surface area contributed by atoms with Crippen molar-refractivity contribution < 1.29 is 23.8 Å². The van der Waals surface area contributed by atoms with Gasteiger partial charge in [0, 0.05) is 33.7 Å². The van der Waals surface area contributed by atoms with Crippen LogP contribution in [0.3, 0.4) is 0 Å². The smallest absolute Gasteiger partial charge is 0.236 e. The molecule has 0 fully saturated rings. The van der Waals surface area contributed by atoms with Gasteiger partial charge in [-0.15, -0.1) is 0 Å². The van der Waals surface area contributed by atoms with E-state index in [1.807, 2.05) is 0 Å². The van der Waals surface area contributed by atoms with Gasteiger partial charge >= 0.3 is 0 Å². The van der Waals surface area contributed by atoms with Gasteiger partial charge in [-0.05, 0) is 32.2 Å². The predicted molar refractivity (Wildman–Crippen MR) is 105 cm³/mol. The van der Waals surface area contributed by atoms with Gasteiger partial charge in [-0.2, -0.15) is 0 Å². The van der Waals surface area contributed by atoms with Crippen molar-refractivity contribution in [2.45, 2.75) is 38.1 Å². The Bertz CT molecular complexity index is 372. The molecule has 0 spiro atoms. The van der Waals surface area contributed by atoms with E-state index in [0.29, 0.717) is 52.4 Å². The summed E-state index contributed by atoms with van der Waals surface area (Å²) in [6.07, 6.45) is 3.54. The number of nitrogens with one attached hydrogen (secondary N) is 3. The molecule has 1 atom stereocenters. The quantitative estimate of drug-likeness (QED) is 0.217. The second kappa shape index (κ2) is 19.5. The van der Waals surface area contributed by atoms with Crippen LogP contribution in [0.25, 0.3) is 0 Å². The van der Waals surface area contributed by atoms with E-state index in [2.05, 4.69) is 16.0 Å². The lowest BCUT2D eigenvalue weighted by atomic mass is 10.1. The fourth-order valence-corrected chi connectivity index (χ4v) is 2.23. The van der Waals surface area contributed by atoms with Crippen molar-refractivity contribution in [2.75, 3.05) is 66.8 Å². The zero-order valence-corrected chi connectivity index (χ0v) is 16.9. The minimum Gasteiger partial charge on any atom is -0.382 e. The summed E-state index contributed by atoms with van der Waals surface area (Å²) in [7, 11) is 3.22. The molecule has 27 heavy (non-hydrogen) atoms. The number of carbonyl (C=O) groups excluding carboxylic acids is 2. The molecule has 5 N–H and O–H groups in total. The fraction of sp³-hybridized carbons (Fsp3) is 0.889. The maximum absolute atomic E-state index is 11.7. The molecule has 0 aliphatic carbocycles. The molecule has 0 aromatic rings. The lowest BCUT2D eigenvalue weighted by Crippen LogP contribution is -2.38. The van der Waals surface area contributed by atoms with Gasteiger partial charge in [0.25, 0.3) is 0 Å². The van der Waals surface area contributed by atoms with E-state index in [1.54, 1.807) is 14.2 Å². The summed E-state index contributed by atoms with van der Waals surface area (Å²) < 4.78 is 15.6. The van der Waals surface area contributed by atoms with Gasteiger partial charge in [-0.3, -0.25) is 9.59 Å². The fourth-order valence-electron chi connectivity index (χ4n) is 2.23. The molecule has 2 amide bonds. The summed E-state index contributed by atoms with van der Waals surface area (Å²) >= 11 is 0. The Morgan fingerprint density at radius 3 is 2.33 bits per heavy atom. The molecule has 0 saturated carbocycles. The summed E-state index contributed by atoms with van der Waals surface area (Å²) in [4.78, 5) is 22.9. The number of rotatable bonds is 19. The number of ether oxygens (including phenoxy) is 3. The first-order valence-corrected chi connectivity index (χ1v) is 9.70. The van der Waals surface area contributed by atoms with Crippen molar-refractivity contribution in [3.8, 4) is 0 Å². The molecule has 0 aliphatic rings. The monoisotopic (exact) mass is 390 g/mol. The Hall–Kier alpha value is -1.26. The lowest BCUT2D eigenvalue weighted by Gasteiger charge is -2.10. The van der Waals surface area contributed by atoms with Crippen LogP contribution in [-0.4, -0.2) is 84.7 Å². The highest BCUT2D eigenvalue weighted by Crippen LogP contribution is 1.98. The number of nitrogens with two attached hydrogens (primary N) is 1. The molecule has 1 unspecified atom stereocenters. The Morgan fingerprint density at radius 1 is 0.926 bits per heavy atom. The largest absolute Gasteiger partial charge is 0.382 e. The van der Waals surface area contributed by atoms with Crippen molar-refractivity contribution in [3.63, 3.8) is 0 Å². The van der Waals surface area contributed by atoms with Gasteiger partial charge in [0.2, 0.25) is 11.8 Å². The number of amides is 2. The summed E-state index contributed by atoms with van der Waals surface area (Å²) in [6.45, 7) is 5.10. The minimum absolute atomic E-state index is 0.0526. The third-order valence-corrected chi connectivity index (χ3v) is 3.83. The molecule has 0 rings (SSSR count). The molecule has 0 radical (unpaired) electrons. The van der Waals surface area contributed by atoms with E-state index in [0.717, 1.165) is 32.4 Å². The van der Waals surface area contributed by atoms with Crippen LogP contribution in [0.1, 0.15) is 32.1 Å². The van der Waals surface area contributed by atoms with E-state index in [1.165, 1.54) is 0 Å². The molecule has 160 valence electrons. The Kier molecular flexibility index (Phi) is 18.6. The summed E-state index contributed by atoms with van der Waals surface area (Å²) in [6, 6.07) is -0.469. The Labute approximate surface area is 163 Å². The highest BCUT2D eigenvalue weighted by molar-refractivity contribution is 5.81. The van der Waals surface area contributed by atoms with E-state index in [4.69, 9.17) is 19.9 Å². The average molecular weight is 391 g/mol. The summed E-state index contributed by atoms with van der Waals surface area (Å²) in [5, 5.41) is 8.65. The van der Waals surface area contributed by atoms with Gasteiger partial charge in [0.15, 0.2) is 0 Å². The van der Waals surface area contributed by atoms with E-state index < -0.39 is 6.04 Å². The molecule has 0 bridgehead atoms. The molecular weight excluding hydrogens is 352 g/mol. The number of likely N-dealkylation sites (N-methyl/N-ethyl adjacent to an activating group) is 1. The minimum atomic E-state index is -0.469. The maximum Gasteiger partial charge on any atom is 0.236 e. The van der Waals surface area contributed by atoms with Crippen LogP contribution in [0, 0.1) is 0 Å². The average Bonchev–Trinajstić information content (AvgIpc) is 2.67. The highest BCUT2D eigenvalue weighted by Gasteiger charge is 2.10. The van der Waals surface area contributed by atoms with Gasteiger partial charge in [-0.25, -0.2) is 0 Å². The Balaban J connectivity index is 3.27. The van der Waals surface area contributed by atoms with Crippen LogP contribution in [0.5, 0.6) is 0 Å². The number of hydrogen-bond acceptors (Lipinski definition) is 7. The third kappa shape index (κ3) is 17.9. The van der Waals surface area contributed by atoms with E-state index >= 15 is 0 Å². The van der Waals surface area contributed by atoms with Crippen LogP contribution >= 0.6 is 0 Å². The SMILES string of the molecule is CNC(=O)C(N)CCCCNC(=O)CCCNCCOCCOCCOC. The second-order valence-corrected chi connectivity index (χ2v) is 6.14. The molecule has 0 aromatic carbocycles. The van der Waals surface area contributed by atoms with Crippen LogP contribution in [-0.2, 0) is 23.8 Å². The molecular formula is C18H38N4O5. The molecule has 0 heterocycles. The summed E-state index contributed by atoms with van der Waals surface area (Å²) in [5.41, 5.74) is 5.70. The van der Waals surface area contributed by atoms with Gasteiger partial charge in [-0.1, -0.05) is 0 Å². The summed E-state index contributed by atoms with van der Waals surface area (Å²) in [5.74, 6) is -0.0933. The number of hydrogen-bond donors (Lipinski definition) is 4. The lowest BCUT2D eigenvalue weighted by molar-refractivity contribution is -0.122. The first-order valence-electron chi connectivity index (χ1n) is 9.70. The standard InChI is InChI=1S/C18H38N4O5/c1-20-18(24)16(19)6-3-4-9-22-17(23)7-5-8-21-10-11-26-14-15-27-13-12-25-2/h16,21H,3-15,19H2,1-2H3,(H,20,24)(H,22,23). The van der Waals surface area contributed by atoms with Gasteiger partial charge in [0.1, 0.15) is 0 Å². The van der Waals surface area contributed by atoms with Crippen molar-refractivity contribution >= 4 is 11.8 Å². The molecule has 0 aliphatic heterocycles. The normalized spacial score (nSPS) is 12.0. The molecule has 9 heteroatoms. The van der Waals surface area contributed by atoms with Crippen molar-refractivity contribution in [3.05, 3.63) is 0 Å². The van der Waals surface area contributed by atoms with Crippen molar-refractivity contribution in [1.29, 1.82) is 0 Å². The topological polar surface area (TPSA) is 124 Å². The van der Waals surface area contributed by atoms with Gasteiger partial charge in [0.05, 0.1) is 39.1 Å². The Morgan fingerprint density at radius 2 is 1.63 bits per heavy atom. The first-order chi connectivity index (χ1) is 13.1. The molecule has 0 aromatic heterocycles. The van der Waals surface area contributed by atoms with Gasteiger partial charge < -0.3 is 35.9 Å².